The molecule has 130 valence electrons. The van der Waals surface area contributed by atoms with Crippen LogP contribution in [0, 0.1) is 0 Å². The number of aromatic nitrogens is 3. The van der Waals surface area contributed by atoms with E-state index >= 15 is 0 Å². The summed E-state index contributed by atoms with van der Waals surface area (Å²) in [6, 6.07) is 12.8. The topological polar surface area (TPSA) is 60.1 Å². The maximum absolute atomic E-state index is 4.48. The predicted molar refractivity (Wildman–Crippen MR) is 101 cm³/mol. The van der Waals surface area contributed by atoms with Crippen molar-refractivity contribution >= 4 is 16.9 Å². The zero-order valence-electron chi connectivity index (χ0n) is 14.5. The molecule has 0 radical (unpaired) electrons. The molecule has 6 nitrogen and oxygen atoms in total. The standard InChI is InChI=1S/C19H24N6/c1-24-9-11-25(12-10-24)13-17(15-5-3-2-4-6-15)23-19-16-7-8-20-18(16)21-14-22-19/h2-8,14,17H,9-13H2,1H3,(H2,20,21,22,23). The fourth-order valence-electron chi connectivity index (χ4n) is 3.36. The van der Waals surface area contributed by atoms with Gasteiger partial charge >= 0.3 is 0 Å². The number of aromatic amines is 1. The lowest BCUT2D eigenvalue weighted by atomic mass is 10.1. The van der Waals surface area contributed by atoms with Gasteiger partial charge in [-0.2, -0.15) is 0 Å². The molecule has 1 aliphatic heterocycles. The summed E-state index contributed by atoms with van der Waals surface area (Å²) in [4.78, 5) is 16.8. The Morgan fingerprint density at radius 3 is 2.68 bits per heavy atom. The minimum absolute atomic E-state index is 0.192. The molecular weight excluding hydrogens is 312 g/mol. The van der Waals surface area contributed by atoms with Gasteiger partial charge in [-0.15, -0.1) is 0 Å². The molecule has 1 fully saturated rings. The van der Waals surface area contributed by atoms with Gasteiger partial charge in [-0.3, -0.25) is 4.90 Å². The van der Waals surface area contributed by atoms with E-state index in [1.165, 1.54) is 5.56 Å². The highest BCUT2D eigenvalue weighted by molar-refractivity contribution is 5.86. The minimum atomic E-state index is 0.192. The van der Waals surface area contributed by atoms with Crippen LogP contribution in [0.5, 0.6) is 0 Å². The molecule has 1 unspecified atom stereocenters. The Hall–Kier alpha value is -2.44. The van der Waals surface area contributed by atoms with Gasteiger partial charge in [0.25, 0.3) is 0 Å². The van der Waals surface area contributed by atoms with Crippen LogP contribution in [0.4, 0.5) is 5.82 Å². The first-order valence-corrected chi connectivity index (χ1v) is 8.80. The van der Waals surface area contributed by atoms with Crippen LogP contribution in [0.25, 0.3) is 11.0 Å². The molecule has 0 bridgehead atoms. The van der Waals surface area contributed by atoms with Gasteiger partial charge in [0.15, 0.2) is 0 Å². The van der Waals surface area contributed by atoms with Crippen molar-refractivity contribution < 1.29 is 0 Å². The van der Waals surface area contributed by atoms with E-state index < -0.39 is 0 Å². The summed E-state index contributed by atoms with van der Waals surface area (Å²) in [5.74, 6) is 0.884. The second-order valence-electron chi connectivity index (χ2n) is 6.67. The number of anilines is 1. The molecule has 0 spiro atoms. The van der Waals surface area contributed by atoms with E-state index in [0.29, 0.717) is 0 Å². The summed E-state index contributed by atoms with van der Waals surface area (Å²) in [5.41, 5.74) is 2.15. The zero-order valence-corrected chi connectivity index (χ0v) is 14.5. The third-order valence-corrected chi connectivity index (χ3v) is 4.90. The smallest absolute Gasteiger partial charge is 0.142 e. The molecule has 0 aliphatic carbocycles. The third-order valence-electron chi connectivity index (χ3n) is 4.90. The molecule has 0 saturated carbocycles. The van der Waals surface area contributed by atoms with Crippen molar-refractivity contribution in [2.24, 2.45) is 0 Å². The van der Waals surface area contributed by atoms with Crippen LogP contribution in [0.15, 0.2) is 48.9 Å². The number of benzene rings is 1. The summed E-state index contributed by atoms with van der Waals surface area (Å²) in [6.07, 6.45) is 3.52. The fraction of sp³-hybridized carbons (Fsp3) is 0.368. The largest absolute Gasteiger partial charge is 0.361 e. The van der Waals surface area contributed by atoms with Crippen molar-refractivity contribution in [3.63, 3.8) is 0 Å². The predicted octanol–water partition coefficient (Wildman–Crippen LogP) is 2.36. The molecule has 1 atom stereocenters. The lowest BCUT2D eigenvalue weighted by Gasteiger charge is -2.35. The fourth-order valence-corrected chi connectivity index (χ4v) is 3.36. The molecule has 1 saturated heterocycles. The van der Waals surface area contributed by atoms with Gasteiger partial charge in [0.2, 0.25) is 0 Å². The van der Waals surface area contributed by atoms with Crippen LogP contribution in [0.3, 0.4) is 0 Å². The molecule has 3 aromatic rings. The van der Waals surface area contributed by atoms with Crippen LogP contribution in [-0.2, 0) is 0 Å². The molecule has 1 aliphatic rings. The van der Waals surface area contributed by atoms with Crippen LogP contribution in [0.1, 0.15) is 11.6 Å². The molecule has 0 amide bonds. The first-order chi connectivity index (χ1) is 12.3. The molecule has 4 rings (SSSR count). The van der Waals surface area contributed by atoms with E-state index in [9.17, 15) is 0 Å². The van der Waals surface area contributed by atoms with Crippen molar-refractivity contribution in [1.82, 2.24) is 24.8 Å². The van der Waals surface area contributed by atoms with Gasteiger partial charge in [-0.25, -0.2) is 9.97 Å². The van der Waals surface area contributed by atoms with Crippen molar-refractivity contribution in [3.8, 4) is 0 Å². The monoisotopic (exact) mass is 336 g/mol. The van der Waals surface area contributed by atoms with E-state index in [1.807, 2.05) is 12.3 Å². The average molecular weight is 336 g/mol. The summed E-state index contributed by atoms with van der Waals surface area (Å²) < 4.78 is 0. The summed E-state index contributed by atoms with van der Waals surface area (Å²) in [5, 5.41) is 4.69. The molecular formula is C19H24N6. The van der Waals surface area contributed by atoms with E-state index in [-0.39, 0.29) is 6.04 Å². The van der Waals surface area contributed by atoms with Gasteiger partial charge in [0, 0.05) is 38.9 Å². The van der Waals surface area contributed by atoms with Crippen LogP contribution < -0.4 is 5.32 Å². The molecule has 1 aromatic carbocycles. The Morgan fingerprint density at radius 2 is 1.88 bits per heavy atom. The highest BCUT2D eigenvalue weighted by atomic mass is 15.3. The molecule has 25 heavy (non-hydrogen) atoms. The zero-order chi connectivity index (χ0) is 17.1. The second-order valence-corrected chi connectivity index (χ2v) is 6.67. The Morgan fingerprint density at radius 1 is 1.08 bits per heavy atom. The van der Waals surface area contributed by atoms with E-state index in [0.717, 1.165) is 49.6 Å². The second kappa shape index (κ2) is 7.21. The number of rotatable bonds is 5. The highest BCUT2D eigenvalue weighted by Crippen LogP contribution is 2.24. The molecule has 3 heterocycles. The number of nitrogens with zero attached hydrogens (tertiary/aromatic N) is 4. The van der Waals surface area contributed by atoms with Crippen molar-refractivity contribution in [3.05, 3.63) is 54.5 Å². The van der Waals surface area contributed by atoms with Crippen LogP contribution in [-0.4, -0.2) is 64.5 Å². The maximum atomic E-state index is 4.48. The molecule has 2 N–H and O–H groups in total. The Balaban J connectivity index is 1.58. The Labute approximate surface area is 147 Å². The lowest BCUT2D eigenvalue weighted by Crippen LogP contribution is -2.46. The number of fused-ring (bicyclic) bond motifs is 1. The molecule has 2 aromatic heterocycles. The van der Waals surface area contributed by atoms with Crippen LogP contribution in [0.2, 0.25) is 0 Å². The number of H-pyrrole nitrogens is 1. The van der Waals surface area contributed by atoms with Gasteiger partial charge in [0.1, 0.15) is 17.8 Å². The highest BCUT2D eigenvalue weighted by Gasteiger charge is 2.20. The normalized spacial score (nSPS) is 17.6. The lowest BCUT2D eigenvalue weighted by molar-refractivity contribution is 0.149. The van der Waals surface area contributed by atoms with Crippen molar-refractivity contribution in [2.75, 3.05) is 45.1 Å². The number of hydrogen-bond donors (Lipinski definition) is 2. The summed E-state index contributed by atoms with van der Waals surface area (Å²) >= 11 is 0. The van der Waals surface area contributed by atoms with E-state index in [2.05, 4.69) is 67.4 Å². The maximum Gasteiger partial charge on any atom is 0.142 e. The van der Waals surface area contributed by atoms with Crippen LogP contribution >= 0.6 is 0 Å². The molecule has 6 heteroatoms. The Bertz CT molecular complexity index is 807. The first-order valence-electron chi connectivity index (χ1n) is 8.80. The van der Waals surface area contributed by atoms with E-state index in [4.69, 9.17) is 0 Å². The number of piperazine rings is 1. The average Bonchev–Trinajstić information content (AvgIpc) is 3.13. The first kappa shape index (κ1) is 16.1. The SMILES string of the molecule is CN1CCN(CC(Nc2ncnc3[nH]ccc23)c2ccccc2)CC1. The van der Waals surface area contributed by atoms with Gasteiger partial charge in [0.05, 0.1) is 11.4 Å². The van der Waals surface area contributed by atoms with Crippen molar-refractivity contribution in [2.45, 2.75) is 6.04 Å². The summed E-state index contributed by atoms with van der Waals surface area (Å²) in [7, 11) is 2.19. The van der Waals surface area contributed by atoms with Gasteiger partial charge in [-0.1, -0.05) is 30.3 Å². The summed E-state index contributed by atoms with van der Waals surface area (Å²) in [6.45, 7) is 5.41. The quantitative estimate of drug-likeness (QED) is 0.749. The van der Waals surface area contributed by atoms with E-state index in [1.54, 1.807) is 6.33 Å². The minimum Gasteiger partial charge on any atom is -0.361 e. The third kappa shape index (κ3) is 3.65. The van der Waals surface area contributed by atoms with Crippen molar-refractivity contribution in [1.29, 1.82) is 0 Å². The Kier molecular flexibility index (Phi) is 4.63. The van der Waals surface area contributed by atoms with Gasteiger partial charge < -0.3 is 15.2 Å². The van der Waals surface area contributed by atoms with Gasteiger partial charge in [-0.05, 0) is 18.7 Å². The number of likely N-dealkylation sites (N-methyl/N-ethyl adjacent to an activating group) is 1. The number of nitrogens with one attached hydrogen (secondary N) is 2. The number of hydrogen-bond acceptors (Lipinski definition) is 5.